The van der Waals surface area contributed by atoms with Gasteiger partial charge >= 0.3 is 10.1 Å². The summed E-state index contributed by atoms with van der Waals surface area (Å²) in [4.78, 5) is 0.165. The zero-order valence-corrected chi connectivity index (χ0v) is 13.5. The van der Waals surface area contributed by atoms with E-state index in [4.69, 9.17) is 4.18 Å². The van der Waals surface area contributed by atoms with E-state index in [9.17, 15) is 8.42 Å². The van der Waals surface area contributed by atoms with Gasteiger partial charge in [-0.1, -0.05) is 60.2 Å². The Morgan fingerprint density at radius 3 is 2.04 bits per heavy atom. The molecule has 0 heterocycles. The maximum absolute atomic E-state index is 12.7. The summed E-state index contributed by atoms with van der Waals surface area (Å²) in [6.45, 7) is 1.93. The van der Waals surface area contributed by atoms with Crippen molar-refractivity contribution in [2.75, 3.05) is 0 Å². The van der Waals surface area contributed by atoms with E-state index in [1.165, 1.54) is 0 Å². The van der Waals surface area contributed by atoms with Crippen molar-refractivity contribution in [3.05, 3.63) is 84.4 Å². The molecule has 0 aliphatic rings. The van der Waals surface area contributed by atoms with Crippen molar-refractivity contribution in [3.63, 3.8) is 0 Å². The first-order valence-electron chi connectivity index (χ1n) is 7.22. The Morgan fingerprint density at radius 2 is 1.39 bits per heavy atom. The molecular weight excluding hydrogens is 308 g/mol. The van der Waals surface area contributed by atoms with E-state index >= 15 is 0 Å². The number of aryl methyl sites for hydroxylation is 1. The van der Waals surface area contributed by atoms with Crippen molar-refractivity contribution in [2.45, 2.75) is 11.8 Å². The van der Waals surface area contributed by atoms with Gasteiger partial charge in [0.05, 0.1) is 0 Å². The molecule has 0 N–H and O–H groups in total. The van der Waals surface area contributed by atoms with Crippen LogP contribution in [0.1, 0.15) is 5.56 Å². The highest BCUT2D eigenvalue weighted by atomic mass is 32.2. The lowest BCUT2D eigenvalue weighted by Crippen LogP contribution is -2.11. The average molecular weight is 324 g/mol. The van der Waals surface area contributed by atoms with Crippen LogP contribution in [-0.2, 0) is 10.1 Å². The fraction of sp³-hybridized carbons (Fsp3) is 0.0526. The predicted molar refractivity (Wildman–Crippen MR) is 90.9 cm³/mol. The van der Waals surface area contributed by atoms with E-state index < -0.39 is 10.1 Å². The van der Waals surface area contributed by atoms with E-state index in [0.717, 1.165) is 11.1 Å². The van der Waals surface area contributed by atoms with Gasteiger partial charge in [0.2, 0.25) is 0 Å². The standard InChI is InChI=1S/C19H16O3S/c1-15-12-13-19(18(14-15)16-8-4-2-5-9-16)23(20,21)22-17-10-6-3-7-11-17/h2-14H,1H3. The zero-order chi connectivity index (χ0) is 16.3. The molecule has 0 atom stereocenters. The largest absolute Gasteiger partial charge is 0.379 e. The molecule has 3 nitrogen and oxygen atoms in total. The number of hydrogen-bond donors (Lipinski definition) is 0. The lowest BCUT2D eigenvalue weighted by Gasteiger charge is -2.12. The Balaban J connectivity index is 2.09. The van der Waals surface area contributed by atoms with Crippen LogP contribution in [0.25, 0.3) is 11.1 Å². The van der Waals surface area contributed by atoms with Gasteiger partial charge in [-0.15, -0.1) is 0 Å². The second-order valence-corrected chi connectivity index (χ2v) is 6.73. The summed E-state index contributed by atoms with van der Waals surface area (Å²) in [5.74, 6) is 0.298. The Morgan fingerprint density at radius 1 is 0.783 bits per heavy atom. The quantitative estimate of drug-likeness (QED) is 0.667. The third kappa shape index (κ3) is 3.43. The van der Waals surface area contributed by atoms with Gasteiger partial charge in [-0.25, -0.2) is 0 Å². The van der Waals surface area contributed by atoms with Crippen molar-refractivity contribution < 1.29 is 12.6 Å². The summed E-state index contributed by atoms with van der Waals surface area (Å²) in [5.41, 5.74) is 2.47. The molecule has 0 radical (unpaired) electrons. The van der Waals surface area contributed by atoms with Crippen molar-refractivity contribution in [1.82, 2.24) is 0 Å². The second kappa shape index (κ2) is 6.26. The van der Waals surface area contributed by atoms with Crippen LogP contribution in [0.3, 0.4) is 0 Å². The fourth-order valence-corrected chi connectivity index (χ4v) is 3.49. The maximum Gasteiger partial charge on any atom is 0.339 e. The van der Waals surface area contributed by atoms with Crippen LogP contribution >= 0.6 is 0 Å². The van der Waals surface area contributed by atoms with E-state index in [0.29, 0.717) is 11.3 Å². The van der Waals surface area contributed by atoms with Gasteiger partial charge in [0.25, 0.3) is 0 Å². The van der Waals surface area contributed by atoms with Gasteiger partial charge in [0, 0.05) is 5.56 Å². The van der Waals surface area contributed by atoms with Crippen LogP contribution in [0.5, 0.6) is 5.75 Å². The Hall–Kier alpha value is -2.59. The lowest BCUT2D eigenvalue weighted by molar-refractivity contribution is 0.486. The smallest absolute Gasteiger partial charge is 0.339 e. The molecule has 4 heteroatoms. The van der Waals surface area contributed by atoms with Crippen molar-refractivity contribution in [3.8, 4) is 16.9 Å². The monoisotopic (exact) mass is 324 g/mol. The van der Waals surface area contributed by atoms with E-state index in [-0.39, 0.29) is 4.90 Å². The summed E-state index contributed by atoms with van der Waals surface area (Å²) in [6.07, 6.45) is 0. The molecule has 0 bridgehead atoms. The van der Waals surface area contributed by atoms with Crippen molar-refractivity contribution in [2.24, 2.45) is 0 Å². The molecule has 0 saturated carbocycles. The normalized spacial score (nSPS) is 11.2. The lowest BCUT2D eigenvalue weighted by atomic mass is 10.0. The fourth-order valence-electron chi connectivity index (χ4n) is 2.35. The number of hydrogen-bond acceptors (Lipinski definition) is 3. The van der Waals surface area contributed by atoms with Crippen molar-refractivity contribution in [1.29, 1.82) is 0 Å². The molecule has 0 amide bonds. The highest BCUT2D eigenvalue weighted by molar-refractivity contribution is 7.87. The van der Waals surface area contributed by atoms with Crippen LogP contribution in [0.2, 0.25) is 0 Å². The van der Waals surface area contributed by atoms with E-state index in [1.54, 1.807) is 42.5 Å². The second-order valence-electron chi connectivity index (χ2n) is 5.22. The van der Waals surface area contributed by atoms with Crippen molar-refractivity contribution >= 4 is 10.1 Å². The minimum atomic E-state index is -3.91. The molecule has 116 valence electrons. The first-order chi connectivity index (χ1) is 11.1. The van der Waals surface area contributed by atoms with Crippen LogP contribution in [-0.4, -0.2) is 8.42 Å². The average Bonchev–Trinajstić information content (AvgIpc) is 2.56. The zero-order valence-electron chi connectivity index (χ0n) is 12.6. The third-order valence-electron chi connectivity index (χ3n) is 3.44. The van der Waals surface area contributed by atoms with Gasteiger partial charge in [-0.05, 0) is 36.8 Å². The molecule has 0 aliphatic heterocycles. The molecule has 0 saturated heterocycles. The minimum absolute atomic E-state index is 0.165. The SMILES string of the molecule is Cc1ccc(S(=O)(=O)Oc2ccccc2)c(-c2ccccc2)c1. The van der Waals surface area contributed by atoms with Gasteiger partial charge < -0.3 is 4.18 Å². The van der Waals surface area contributed by atoms with Crippen LogP contribution in [0.15, 0.2) is 83.8 Å². The summed E-state index contributed by atoms with van der Waals surface area (Å²) < 4.78 is 30.6. The molecule has 0 aliphatic carbocycles. The Bertz CT molecular complexity index is 902. The molecule has 3 aromatic carbocycles. The number of rotatable bonds is 4. The highest BCUT2D eigenvalue weighted by Crippen LogP contribution is 2.30. The molecule has 0 unspecified atom stereocenters. The summed E-state index contributed by atoms with van der Waals surface area (Å²) in [6, 6.07) is 23.2. The van der Waals surface area contributed by atoms with Gasteiger partial charge in [0.1, 0.15) is 10.6 Å². The molecule has 0 aromatic heterocycles. The maximum atomic E-state index is 12.7. The first-order valence-corrected chi connectivity index (χ1v) is 8.63. The topological polar surface area (TPSA) is 43.4 Å². The third-order valence-corrected chi connectivity index (χ3v) is 4.74. The van der Waals surface area contributed by atoms with Gasteiger partial charge in [-0.3, -0.25) is 0 Å². The summed E-state index contributed by atoms with van der Waals surface area (Å²) >= 11 is 0. The molecule has 3 rings (SSSR count). The van der Waals surface area contributed by atoms with Gasteiger partial charge in [0.15, 0.2) is 0 Å². The molecule has 0 spiro atoms. The summed E-state index contributed by atoms with van der Waals surface area (Å²) in [7, 11) is -3.91. The van der Waals surface area contributed by atoms with E-state index in [2.05, 4.69) is 0 Å². The van der Waals surface area contributed by atoms with Crippen LogP contribution in [0, 0.1) is 6.92 Å². The predicted octanol–water partition coefficient (Wildman–Crippen LogP) is 4.43. The van der Waals surface area contributed by atoms with E-state index in [1.807, 2.05) is 43.3 Å². The Labute approximate surface area is 136 Å². The van der Waals surface area contributed by atoms with Crippen LogP contribution < -0.4 is 4.18 Å². The Kier molecular flexibility index (Phi) is 4.17. The first kappa shape index (κ1) is 15.3. The molecule has 0 fully saturated rings. The molecule has 3 aromatic rings. The number of benzene rings is 3. The molecular formula is C19H16O3S. The molecule has 23 heavy (non-hydrogen) atoms. The van der Waals surface area contributed by atoms with Crippen LogP contribution in [0.4, 0.5) is 0 Å². The minimum Gasteiger partial charge on any atom is -0.379 e. The summed E-state index contributed by atoms with van der Waals surface area (Å²) in [5, 5.41) is 0. The number of para-hydroxylation sites is 1. The van der Waals surface area contributed by atoms with Gasteiger partial charge in [-0.2, -0.15) is 8.42 Å². The highest BCUT2D eigenvalue weighted by Gasteiger charge is 2.21.